The van der Waals surface area contributed by atoms with Gasteiger partial charge >= 0.3 is 0 Å². The minimum Gasteiger partial charge on any atom is -0.497 e. The van der Waals surface area contributed by atoms with Crippen LogP contribution in [0.15, 0.2) is 24.3 Å². The number of hydrogen-bond donors (Lipinski definition) is 1. The van der Waals surface area contributed by atoms with Gasteiger partial charge in [-0.05, 0) is 38.5 Å². The molecule has 0 aromatic heterocycles. The summed E-state index contributed by atoms with van der Waals surface area (Å²) in [4.78, 5) is 0. The molecule has 5 nitrogen and oxygen atoms in total. The smallest absolute Gasteiger partial charge is 0.164 e. The largest absolute Gasteiger partial charge is 0.497 e. The van der Waals surface area contributed by atoms with Crippen molar-refractivity contribution in [2.24, 2.45) is 0 Å². The van der Waals surface area contributed by atoms with E-state index in [-0.39, 0.29) is 24.4 Å². The Kier molecular flexibility index (Phi) is 3.69. The Morgan fingerprint density at radius 3 is 2.33 bits per heavy atom. The monoisotopic (exact) mass is 294 g/mol. The van der Waals surface area contributed by atoms with Crippen LogP contribution in [0, 0.1) is 0 Å². The van der Waals surface area contributed by atoms with E-state index in [4.69, 9.17) is 18.9 Å². The SMILES string of the molecule is COc1ccc([C@@H]2O[C@@H](C)[C@H](O)[C@H]3OC(C)(C)O[C@H]32)cc1. The van der Waals surface area contributed by atoms with Gasteiger partial charge in [-0.2, -0.15) is 0 Å². The molecule has 2 heterocycles. The maximum atomic E-state index is 10.3. The van der Waals surface area contributed by atoms with E-state index in [9.17, 15) is 5.11 Å². The molecular formula is C16H22O5. The first-order chi connectivity index (χ1) is 9.91. The number of rotatable bonds is 2. The molecule has 0 unspecified atom stereocenters. The minimum atomic E-state index is -0.714. The average Bonchev–Trinajstić information content (AvgIpc) is 2.79. The Hall–Kier alpha value is -1.14. The van der Waals surface area contributed by atoms with Crippen molar-refractivity contribution >= 4 is 0 Å². The van der Waals surface area contributed by atoms with Gasteiger partial charge in [-0.1, -0.05) is 12.1 Å². The molecule has 2 saturated heterocycles. The summed E-state index contributed by atoms with van der Waals surface area (Å²) in [5, 5.41) is 10.3. The Morgan fingerprint density at radius 2 is 1.71 bits per heavy atom. The van der Waals surface area contributed by atoms with Gasteiger partial charge < -0.3 is 24.1 Å². The number of aliphatic hydroxyl groups excluding tert-OH is 1. The third-order valence-electron chi connectivity index (χ3n) is 4.09. The Labute approximate surface area is 124 Å². The summed E-state index contributed by atoms with van der Waals surface area (Å²) >= 11 is 0. The maximum absolute atomic E-state index is 10.3. The van der Waals surface area contributed by atoms with Crippen molar-refractivity contribution < 1.29 is 24.1 Å². The number of hydrogen-bond acceptors (Lipinski definition) is 5. The van der Waals surface area contributed by atoms with Crippen molar-refractivity contribution in [3.05, 3.63) is 29.8 Å². The predicted molar refractivity (Wildman–Crippen MR) is 76.1 cm³/mol. The molecule has 0 amide bonds. The minimum absolute atomic E-state index is 0.263. The lowest BCUT2D eigenvalue weighted by molar-refractivity contribution is -0.183. The van der Waals surface area contributed by atoms with Crippen LogP contribution in [0.2, 0.25) is 0 Å². The highest BCUT2D eigenvalue weighted by Gasteiger charge is 2.54. The lowest BCUT2D eigenvalue weighted by atomic mass is 9.91. The highest BCUT2D eigenvalue weighted by molar-refractivity contribution is 5.30. The van der Waals surface area contributed by atoms with Gasteiger partial charge in [0.25, 0.3) is 0 Å². The molecule has 5 atom stereocenters. The zero-order valence-electron chi connectivity index (χ0n) is 12.8. The first kappa shape index (κ1) is 14.8. The van der Waals surface area contributed by atoms with Crippen LogP contribution in [0.5, 0.6) is 5.75 Å². The van der Waals surface area contributed by atoms with Crippen molar-refractivity contribution in [1.29, 1.82) is 0 Å². The molecule has 3 rings (SSSR count). The molecule has 21 heavy (non-hydrogen) atoms. The van der Waals surface area contributed by atoms with Crippen LogP contribution >= 0.6 is 0 Å². The van der Waals surface area contributed by atoms with Gasteiger partial charge in [0.2, 0.25) is 0 Å². The van der Waals surface area contributed by atoms with Crippen LogP contribution in [0.1, 0.15) is 32.4 Å². The number of fused-ring (bicyclic) bond motifs is 1. The van der Waals surface area contributed by atoms with Gasteiger partial charge in [0.05, 0.1) is 13.2 Å². The van der Waals surface area contributed by atoms with E-state index in [1.807, 2.05) is 45.0 Å². The lowest BCUT2D eigenvalue weighted by Crippen LogP contribution is -2.51. The molecule has 0 aliphatic carbocycles. The van der Waals surface area contributed by atoms with Gasteiger partial charge in [-0.15, -0.1) is 0 Å². The summed E-state index contributed by atoms with van der Waals surface area (Å²) in [6.45, 7) is 5.56. The number of benzene rings is 1. The topological polar surface area (TPSA) is 57.2 Å². The summed E-state index contributed by atoms with van der Waals surface area (Å²) in [6, 6.07) is 7.70. The number of ether oxygens (including phenoxy) is 4. The first-order valence-corrected chi connectivity index (χ1v) is 7.24. The van der Waals surface area contributed by atoms with Crippen LogP contribution < -0.4 is 4.74 Å². The van der Waals surface area contributed by atoms with Crippen LogP contribution in [-0.4, -0.2) is 42.4 Å². The molecular weight excluding hydrogens is 272 g/mol. The van der Waals surface area contributed by atoms with E-state index in [1.165, 1.54) is 0 Å². The highest BCUT2D eigenvalue weighted by atomic mass is 16.8. The summed E-state index contributed by atoms with van der Waals surface area (Å²) < 4.78 is 23.0. The fourth-order valence-corrected chi connectivity index (χ4v) is 3.03. The van der Waals surface area contributed by atoms with Gasteiger partial charge in [0.15, 0.2) is 5.79 Å². The second-order valence-electron chi connectivity index (χ2n) is 6.09. The van der Waals surface area contributed by atoms with Crippen molar-refractivity contribution in [1.82, 2.24) is 0 Å². The molecule has 116 valence electrons. The van der Waals surface area contributed by atoms with Gasteiger partial charge in [0.1, 0.15) is 30.2 Å². The standard InChI is InChI=1S/C16H22O5/c1-9-12(17)14-15(21-16(2,3)20-14)13(19-9)10-5-7-11(18-4)8-6-10/h5-9,12-15,17H,1-4H3/t9-,12-,13-,14+,15-/m0/s1. The van der Waals surface area contributed by atoms with E-state index in [0.717, 1.165) is 11.3 Å². The zero-order valence-corrected chi connectivity index (χ0v) is 12.8. The molecule has 2 fully saturated rings. The molecule has 0 saturated carbocycles. The van der Waals surface area contributed by atoms with E-state index in [0.29, 0.717) is 0 Å². The van der Waals surface area contributed by atoms with Crippen molar-refractivity contribution in [2.75, 3.05) is 7.11 Å². The Morgan fingerprint density at radius 1 is 1.10 bits per heavy atom. The second-order valence-corrected chi connectivity index (χ2v) is 6.09. The molecule has 2 aliphatic heterocycles. The van der Waals surface area contributed by atoms with E-state index in [2.05, 4.69) is 0 Å². The van der Waals surface area contributed by atoms with Gasteiger partial charge in [-0.25, -0.2) is 0 Å². The summed E-state index contributed by atoms with van der Waals surface area (Å²) in [7, 11) is 1.64. The van der Waals surface area contributed by atoms with Crippen molar-refractivity contribution in [2.45, 2.75) is 57.1 Å². The summed E-state index contributed by atoms with van der Waals surface area (Å²) in [6.07, 6.45) is -1.96. The molecule has 1 aromatic rings. The fraction of sp³-hybridized carbons (Fsp3) is 0.625. The molecule has 0 spiro atoms. The Balaban J connectivity index is 1.89. The van der Waals surface area contributed by atoms with Gasteiger partial charge in [0, 0.05) is 0 Å². The summed E-state index contributed by atoms with van der Waals surface area (Å²) in [5.74, 6) is 0.0807. The van der Waals surface area contributed by atoms with Crippen LogP contribution in [0.4, 0.5) is 0 Å². The normalized spacial score (nSPS) is 38.0. The number of methoxy groups -OCH3 is 1. The van der Waals surface area contributed by atoms with Crippen molar-refractivity contribution in [3.63, 3.8) is 0 Å². The second kappa shape index (κ2) is 5.25. The first-order valence-electron chi connectivity index (χ1n) is 7.24. The van der Waals surface area contributed by atoms with Crippen LogP contribution in [0.3, 0.4) is 0 Å². The molecule has 5 heteroatoms. The molecule has 2 aliphatic rings. The van der Waals surface area contributed by atoms with Crippen molar-refractivity contribution in [3.8, 4) is 5.75 Å². The third kappa shape index (κ3) is 2.66. The molecule has 0 bridgehead atoms. The van der Waals surface area contributed by atoms with E-state index in [1.54, 1.807) is 7.11 Å². The predicted octanol–water partition coefficient (Wildman–Crippen LogP) is 2.04. The molecule has 1 aromatic carbocycles. The quantitative estimate of drug-likeness (QED) is 0.904. The molecule has 1 N–H and O–H groups in total. The van der Waals surface area contributed by atoms with Crippen LogP contribution in [-0.2, 0) is 14.2 Å². The molecule has 0 radical (unpaired) electrons. The lowest BCUT2D eigenvalue weighted by Gasteiger charge is -2.39. The van der Waals surface area contributed by atoms with Crippen LogP contribution in [0.25, 0.3) is 0 Å². The van der Waals surface area contributed by atoms with E-state index < -0.39 is 11.9 Å². The number of aliphatic hydroxyl groups is 1. The van der Waals surface area contributed by atoms with Gasteiger partial charge in [-0.3, -0.25) is 0 Å². The zero-order chi connectivity index (χ0) is 15.2. The Bertz CT molecular complexity index is 498. The summed E-state index contributed by atoms with van der Waals surface area (Å²) in [5.41, 5.74) is 0.992. The third-order valence-corrected chi connectivity index (χ3v) is 4.09. The maximum Gasteiger partial charge on any atom is 0.164 e. The highest BCUT2D eigenvalue weighted by Crippen LogP contribution is 2.43. The fourth-order valence-electron chi connectivity index (χ4n) is 3.03. The average molecular weight is 294 g/mol. The van der Waals surface area contributed by atoms with E-state index >= 15 is 0 Å².